The van der Waals surface area contributed by atoms with Crippen molar-refractivity contribution >= 4 is 42.3 Å². The Morgan fingerprint density at radius 1 is 0.778 bits per heavy atom. The molecule has 0 atom stereocenters. The van der Waals surface area contributed by atoms with Gasteiger partial charge in [-0.25, -0.2) is 0 Å². The first kappa shape index (κ1) is 10.1. The van der Waals surface area contributed by atoms with Crippen molar-refractivity contribution in [2.24, 2.45) is 0 Å². The number of fused-ring (bicyclic) bond motifs is 4. The second-order valence-electron chi connectivity index (χ2n) is 4.70. The first-order chi connectivity index (χ1) is 8.84. The van der Waals surface area contributed by atoms with E-state index in [-0.39, 0.29) is 0 Å². The van der Waals surface area contributed by atoms with E-state index in [1.54, 1.807) is 0 Å². The Bertz CT molecular complexity index is 884. The zero-order valence-corrected chi connectivity index (χ0v) is 10.9. The van der Waals surface area contributed by atoms with Gasteiger partial charge in [0.2, 0.25) is 0 Å². The van der Waals surface area contributed by atoms with Crippen molar-refractivity contribution in [3.8, 4) is 0 Å². The average molecular weight is 248 g/mol. The molecule has 0 amide bonds. The van der Waals surface area contributed by atoms with Crippen molar-refractivity contribution in [1.82, 2.24) is 0 Å². The van der Waals surface area contributed by atoms with Crippen LogP contribution in [0.5, 0.6) is 0 Å². The van der Waals surface area contributed by atoms with Gasteiger partial charge in [-0.1, -0.05) is 42.5 Å². The number of hydrogen-bond donors (Lipinski definition) is 0. The van der Waals surface area contributed by atoms with Crippen LogP contribution in [0.3, 0.4) is 0 Å². The molecule has 1 aromatic heterocycles. The van der Waals surface area contributed by atoms with Crippen LogP contribution in [0.15, 0.2) is 54.6 Å². The molecule has 0 spiro atoms. The highest BCUT2D eigenvalue weighted by atomic mass is 32.1. The zero-order chi connectivity index (χ0) is 12.1. The monoisotopic (exact) mass is 248 g/mol. The third-order valence-corrected chi connectivity index (χ3v) is 4.95. The lowest BCUT2D eigenvalue weighted by molar-refractivity contribution is 1.61. The van der Waals surface area contributed by atoms with E-state index in [1.165, 1.54) is 36.5 Å². The van der Waals surface area contributed by atoms with E-state index >= 15 is 0 Å². The summed E-state index contributed by atoms with van der Waals surface area (Å²) >= 11 is 1.90. The second kappa shape index (κ2) is 3.56. The summed E-state index contributed by atoms with van der Waals surface area (Å²) in [6.45, 7) is 2.24. The minimum atomic E-state index is 1.34. The molecule has 0 unspecified atom stereocenters. The Balaban J connectivity index is 2.33. The molecule has 4 rings (SSSR count). The smallest absolute Gasteiger partial charge is 0.0390 e. The molecule has 0 saturated carbocycles. The van der Waals surface area contributed by atoms with E-state index in [2.05, 4.69) is 61.5 Å². The summed E-state index contributed by atoms with van der Waals surface area (Å²) in [7, 11) is 0. The van der Waals surface area contributed by atoms with E-state index in [1.807, 2.05) is 11.3 Å². The first-order valence-electron chi connectivity index (χ1n) is 6.14. The maximum absolute atomic E-state index is 2.33. The van der Waals surface area contributed by atoms with E-state index in [0.717, 1.165) is 0 Å². The summed E-state index contributed by atoms with van der Waals surface area (Å²) in [4.78, 5) is 0. The lowest BCUT2D eigenvalue weighted by atomic mass is 10.0. The summed E-state index contributed by atoms with van der Waals surface area (Å²) in [5, 5.41) is 5.49. The number of hydrogen-bond acceptors (Lipinski definition) is 1. The second-order valence-corrected chi connectivity index (χ2v) is 5.75. The summed E-state index contributed by atoms with van der Waals surface area (Å²) in [5.41, 5.74) is 1.41. The topological polar surface area (TPSA) is 0 Å². The largest absolute Gasteiger partial charge is 0.135 e. The van der Waals surface area contributed by atoms with Gasteiger partial charge >= 0.3 is 0 Å². The summed E-state index contributed by atoms with van der Waals surface area (Å²) in [6, 6.07) is 19.7. The highest BCUT2D eigenvalue weighted by molar-refractivity contribution is 7.26. The Hall–Kier alpha value is -1.86. The normalized spacial score (nSPS) is 11.6. The highest BCUT2D eigenvalue weighted by Gasteiger charge is 2.09. The van der Waals surface area contributed by atoms with E-state index < -0.39 is 0 Å². The van der Waals surface area contributed by atoms with Gasteiger partial charge in [-0.3, -0.25) is 0 Å². The van der Waals surface area contributed by atoms with Gasteiger partial charge in [0.05, 0.1) is 0 Å². The Morgan fingerprint density at radius 2 is 1.50 bits per heavy atom. The van der Waals surface area contributed by atoms with Crippen LogP contribution in [0, 0.1) is 6.92 Å². The molecule has 0 N–H and O–H groups in total. The van der Waals surface area contributed by atoms with E-state index in [0.29, 0.717) is 0 Å². The molecular formula is C17H12S. The van der Waals surface area contributed by atoms with Crippen LogP contribution in [-0.2, 0) is 0 Å². The molecule has 0 bridgehead atoms. The molecule has 0 fully saturated rings. The van der Waals surface area contributed by atoms with Crippen LogP contribution in [0.4, 0.5) is 0 Å². The highest BCUT2D eigenvalue weighted by Crippen LogP contribution is 2.38. The number of aryl methyl sites for hydroxylation is 1. The number of benzene rings is 3. The molecule has 1 heterocycles. The molecule has 0 aliphatic rings. The lowest BCUT2D eigenvalue weighted by Crippen LogP contribution is -1.78. The molecular weight excluding hydrogens is 236 g/mol. The molecule has 86 valence electrons. The Morgan fingerprint density at radius 3 is 2.39 bits per heavy atom. The quantitative estimate of drug-likeness (QED) is 0.384. The maximum atomic E-state index is 2.33. The standard InChI is InChI=1S/C17H12S/c1-11-13-7-3-2-6-12(13)10-15-14-8-4-5-9-16(14)18-17(11)15/h2-10H,1H3. The number of thiophene rings is 1. The van der Waals surface area contributed by atoms with Crippen molar-refractivity contribution in [3.05, 3.63) is 60.2 Å². The molecule has 0 aliphatic heterocycles. The molecule has 3 aromatic carbocycles. The molecule has 0 aliphatic carbocycles. The van der Waals surface area contributed by atoms with Gasteiger partial charge in [0.1, 0.15) is 0 Å². The van der Waals surface area contributed by atoms with E-state index in [9.17, 15) is 0 Å². The van der Waals surface area contributed by atoms with Gasteiger partial charge in [-0.05, 0) is 35.4 Å². The lowest BCUT2D eigenvalue weighted by Gasteiger charge is -2.03. The fourth-order valence-corrected chi connectivity index (χ4v) is 3.93. The van der Waals surface area contributed by atoms with Gasteiger partial charge < -0.3 is 0 Å². The SMILES string of the molecule is Cc1c2ccccc2cc2c1sc1ccccc12. The van der Waals surface area contributed by atoms with Crippen LogP contribution in [0.1, 0.15) is 5.56 Å². The van der Waals surface area contributed by atoms with Gasteiger partial charge in [-0.2, -0.15) is 0 Å². The predicted octanol–water partition coefficient (Wildman–Crippen LogP) is 5.52. The van der Waals surface area contributed by atoms with Crippen LogP contribution >= 0.6 is 11.3 Å². The van der Waals surface area contributed by atoms with Gasteiger partial charge in [0.15, 0.2) is 0 Å². The molecule has 0 saturated heterocycles. The maximum Gasteiger partial charge on any atom is 0.0390 e. The third kappa shape index (κ3) is 1.25. The van der Waals surface area contributed by atoms with Crippen molar-refractivity contribution < 1.29 is 0 Å². The minimum absolute atomic E-state index is 1.34. The molecule has 0 nitrogen and oxygen atoms in total. The van der Waals surface area contributed by atoms with E-state index in [4.69, 9.17) is 0 Å². The molecule has 18 heavy (non-hydrogen) atoms. The van der Waals surface area contributed by atoms with Gasteiger partial charge in [-0.15, -0.1) is 11.3 Å². The molecule has 0 radical (unpaired) electrons. The summed E-state index contributed by atoms with van der Waals surface area (Å²) in [5.74, 6) is 0. The van der Waals surface area contributed by atoms with Crippen molar-refractivity contribution in [1.29, 1.82) is 0 Å². The van der Waals surface area contributed by atoms with Crippen LogP contribution < -0.4 is 0 Å². The number of rotatable bonds is 0. The fraction of sp³-hybridized carbons (Fsp3) is 0.0588. The minimum Gasteiger partial charge on any atom is -0.135 e. The Kier molecular flexibility index (Phi) is 2.00. The first-order valence-corrected chi connectivity index (χ1v) is 6.96. The van der Waals surface area contributed by atoms with Crippen molar-refractivity contribution in [3.63, 3.8) is 0 Å². The summed E-state index contributed by atoms with van der Waals surface area (Å²) in [6.07, 6.45) is 0. The van der Waals surface area contributed by atoms with Crippen LogP contribution in [-0.4, -0.2) is 0 Å². The summed E-state index contributed by atoms with van der Waals surface area (Å²) < 4.78 is 2.81. The zero-order valence-electron chi connectivity index (χ0n) is 10.1. The van der Waals surface area contributed by atoms with Crippen LogP contribution in [0.2, 0.25) is 0 Å². The average Bonchev–Trinajstić information content (AvgIpc) is 2.79. The predicted molar refractivity (Wildman–Crippen MR) is 81.6 cm³/mol. The van der Waals surface area contributed by atoms with Crippen LogP contribution in [0.25, 0.3) is 30.9 Å². The van der Waals surface area contributed by atoms with Crippen molar-refractivity contribution in [2.45, 2.75) is 6.92 Å². The third-order valence-electron chi connectivity index (χ3n) is 3.64. The Labute approximate surface area is 109 Å². The van der Waals surface area contributed by atoms with Gasteiger partial charge in [0, 0.05) is 20.2 Å². The van der Waals surface area contributed by atoms with Gasteiger partial charge in [0.25, 0.3) is 0 Å². The fourth-order valence-electron chi connectivity index (χ4n) is 2.73. The molecule has 4 aromatic rings. The van der Waals surface area contributed by atoms with Crippen molar-refractivity contribution in [2.75, 3.05) is 0 Å². The molecule has 1 heteroatoms.